The average Bonchev–Trinajstić information content (AvgIpc) is 2.85. The van der Waals surface area contributed by atoms with Crippen LogP contribution in [0.15, 0.2) is 60.7 Å². The number of nitrogens with zero attached hydrogens (tertiary/aromatic N) is 1. The summed E-state index contributed by atoms with van der Waals surface area (Å²) in [5.74, 6) is 0.246. The quantitative estimate of drug-likeness (QED) is 0.541. The van der Waals surface area contributed by atoms with Crippen LogP contribution in [-0.2, 0) is 0 Å². The highest BCUT2D eigenvalue weighted by Crippen LogP contribution is 2.30. The first-order chi connectivity index (χ1) is 9.83. The second-order valence-corrected chi connectivity index (χ2v) is 4.78. The molecule has 2 aromatic carbocycles. The summed E-state index contributed by atoms with van der Waals surface area (Å²) in [6.45, 7) is 0. The maximum Gasteiger partial charge on any atom is 0.139 e. The fourth-order valence-electron chi connectivity index (χ4n) is 2.57. The highest BCUT2D eigenvalue weighted by molar-refractivity contribution is 6.06. The van der Waals surface area contributed by atoms with Crippen LogP contribution in [-0.4, -0.2) is 15.1 Å². The molecule has 0 aliphatic heterocycles. The van der Waals surface area contributed by atoms with Crippen LogP contribution in [0.1, 0.15) is 0 Å². The molecule has 0 bridgehead atoms. The molecule has 2 aromatic heterocycles. The second kappa shape index (κ2) is 4.10. The van der Waals surface area contributed by atoms with Crippen LogP contribution < -0.4 is 0 Å². The second-order valence-electron chi connectivity index (χ2n) is 4.78. The number of aromatic nitrogens is 2. The molecule has 3 nitrogen and oxygen atoms in total. The van der Waals surface area contributed by atoms with Gasteiger partial charge in [-0.05, 0) is 30.3 Å². The first-order valence-corrected chi connectivity index (χ1v) is 6.49. The van der Waals surface area contributed by atoms with Crippen molar-refractivity contribution in [3.8, 4) is 17.0 Å². The van der Waals surface area contributed by atoms with Crippen molar-refractivity contribution in [1.29, 1.82) is 0 Å². The predicted octanol–water partition coefficient (Wildman–Crippen LogP) is 4.09. The van der Waals surface area contributed by atoms with Gasteiger partial charge in [0.05, 0.1) is 5.69 Å². The molecule has 0 saturated heterocycles. The van der Waals surface area contributed by atoms with Gasteiger partial charge in [0, 0.05) is 21.9 Å². The van der Waals surface area contributed by atoms with Crippen molar-refractivity contribution in [3.63, 3.8) is 0 Å². The molecule has 0 saturated carbocycles. The summed E-state index contributed by atoms with van der Waals surface area (Å²) in [7, 11) is 0. The van der Waals surface area contributed by atoms with Gasteiger partial charge in [-0.3, -0.25) is 0 Å². The van der Waals surface area contributed by atoms with Gasteiger partial charge in [-0.2, -0.15) is 0 Å². The fourth-order valence-corrected chi connectivity index (χ4v) is 2.57. The molecule has 0 radical (unpaired) electrons. The van der Waals surface area contributed by atoms with Crippen molar-refractivity contribution >= 4 is 21.9 Å². The van der Waals surface area contributed by atoms with E-state index in [1.54, 1.807) is 12.1 Å². The average molecular weight is 260 g/mol. The number of hydrogen-bond donors (Lipinski definition) is 2. The summed E-state index contributed by atoms with van der Waals surface area (Å²) in [6, 6.07) is 19.4. The van der Waals surface area contributed by atoms with Crippen molar-refractivity contribution in [2.24, 2.45) is 0 Å². The van der Waals surface area contributed by atoms with Crippen LogP contribution in [0.5, 0.6) is 5.75 Å². The third-order valence-corrected chi connectivity index (χ3v) is 3.55. The van der Waals surface area contributed by atoms with E-state index >= 15 is 0 Å². The zero-order valence-corrected chi connectivity index (χ0v) is 10.7. The lowest BCUT2D eigenvalue weighted by molar-refractivity contribution is 0.477. The van der Waals surface area contributed by atoms with Gasteiger partial charge in [0.25, 0.3) is 0 Å². The summed E-state index contributed by atoms with van der Waals surface area (Å²) in [5, 5.41) is 12.2. The van der Waals surface area contributed by atoms with Gasteiger partial charge in [0.1, 0.15) is 11.4 Å². The molecule has 4 aromatic rings. The lowest BCUT2D eigenvalue weighted by Gasteiger charge is -2.03. The Balaban J connectivity index is 2.00. The Labute approximate surface area is 115 Å². The normalized spacial score (nSPS) is 11.2. The molecule has 0 spiro atoms. The number of aromatic amines is 1. The van der Waals surface area contributed by atoms with Crippen molar-refractivity contribution in [2.75, 3.05) is 0 Å². The SMILES string of the molecule is Oc1ccccc1-c1ccc2c(n1)[nH]c1ccccc12. The standard InChI is InChI=1S/C17H12N2O/c20-16-8-4-2-6-13(16)15-10-9-12-11-5-1-3-7-14(11)18-17(12)19-15/h1-10,20H,(H,18,19). The van der Waals surface area contributed by atoms with Crippen LogP contribution in [0.2, 0.25) is 0 Å². The Bertz CT molecular complexity index is 924. The molecule has 4 rings (SSSR count). The largest absolute Gasteiger partial charge is 0.507 e. The van der Waals surface area contributed by atoms with E-state index < -0.39 is 0 Å². The Kier molecular flexibility index (Phi) is 2.27. The highest BCUT2D eigenvalue weighted by Gasteiger charge is 2.09. The molecule has 96 valence electrons. The molecule has 0 aliphatic carbocycles. The molecular weight excluding hydrogens is 248 g/mol. The van der Waals surface area contributed by atoms with E-state index in [0.29, 0.717) is 0 Å². The van der Waals surface area contributed by atoms with E-state index in [9.17, 15) is 5.11 Å². The van der Waals surface area contributed by atoms with E-state index in [1.165, 1.54) is 5.39 Å². The van der Waals surface area contributed by atoms with Gasteiger partial charge in [-0.1, -0.05) is 30.3 Å². The van der Waals surface area contributed by atoms with Crippen LogP contribution >= 0.6 is 0 Å². The van der Waals surface area contributed by atoms with Crippen molar-refractivity contribution in [3.05, 3.63) is 60.7 Å². The number of pyridine rings is 1. The maximum absolute atomic E-state index is 9.93. The van der Waals surface area contributed by atoms with E-state index in [0.717, 1.165) is 27.8 Å². The van der Waals surface area contributed by atoms with Gasteiger partial charge in [0.2, 0.25) is 0 Å². The van der Waals surface area contributed by atoms with Crippen LogP contribution in [0.4, 0.5) is 0 Å². The van der Waals surface area contributed by atoms with Gasteiger partial charge in [-0.25, -0.2) is 4.98 Å². The van der Waals surface area contributed by atoms with E-state index in [4.69, 9.17) is 0 Å². The Morgan fingerprint density at radius 1 is 0.800 bits per heavy atom. The summed E-state index contributed by atoms with van der Waals surface area (Å²) in [4.78, 5) is 7.94. The minimum absolute atomic E-state index is 0.246. The number of hydrogen-bond acceptors (Lipinski definition) is 2. The molecule has 0 aliphatic rings. The summed E-state index contributed by atoms with van der Waals surface area (Å²) < 4.78 is 0. The van der Waals surface area contributed by atoms with Gasteiger partial charge in [-0.15, -0.1) is 0 Å². The minimum Gasteiger partial charge on any atom is -0.507 e. The summed E-state index contributed by atoms with van der Waals surface area (Å²) in [5.41, 5.74) is 3.42. The first kappa shape index (κ1) is 11.1. The number of fused-ring (bicyclic) bond motifs is 3. The van der Waals surface area contributed by atoms with Crippen molar-refractivity contribution in [2.45, 2.75) is 0 Å². The number of phenolic OH excluding ortho intramolecular Hbond substituents is 1. The lowest BCUT2D eigenvalue weighted by atomic mass is 10.1. The third-order valence-electron chi connectivity index (χ3n) is 3.55. The molecule has 0 fully saturated rings. The molecule has 0 amide bonds. The zero-order valence-electron chi connectivity index (χ0n) is 10.7. The lowest BCUT2D eigenvalue weighted by Crippen LogP contribution is -1.84. The molecule has 0 unspecified atom stereocenters. The third kappa shape index (κ3) is 1.57. The van der Waals surface area contributed by atoms with Crippen LogP contribution in [0.3, 0.4) is 0 Å². The number of benzene rings is 2. The first-order valence-electron chi connectivity index (χ1n) is 6.49. The Morgan fingerprint density at radius 3 is 2.50 bits per heavy atom. The van der Waals surface area contributed by atoms with Crippen LogP contribution in [0.25, 0.3) is 33.2 Å². The van der Waals surface area contributed by atoms with Crippen molar-refractivity contribution in [1.82, 2.24) is 9.97 Å². The van der Waals surface area contributed by atoms with Gasteiger partial charge < -0.3 is 10.1 Å². The number of rotatable bonds is 1. The summed E-state index contributed by atoms with van der Waals surface area (Å²) in [6.07, 6.45) is 0. The Hall–Kier alpha value is -2.81. The molecular formula is C17H12N2O. The smallest absolute Gasteiger partial charge is 0.139 e. The molecule has 2 heterocycles. The number of phenols is 1. The molecule has 20 heavy (non-hydrogen) atoms. The number of nitrogens with one attached hydrogen (secondary N) is 1. The highest BCUT2D eigenvalue weighted by atomic mass is 16.3. The van der Waals surface area contributed by atoms with Gasteiger partial charge in [0.15, 0.2) is 0 Å². The van der Waals surface area contributed by atoms with E-state index in [2.05, 4.69) is 16.0 Å². The predicted molar refractivity (Wildman–Crippen MR) is 80.7 cm³/mol. The zero-order chi connectivity index (χ0) is 13.5. The fraction of sp³-hybridized carbons (Fsp3) is 0. The maximum atomic E-state index is 9.93. The monoisotopic (exact) mass is 260 g/mol. The molecule has 3 heteroatoms. The Morgan fingerprint density at radius 2 is 1.60 bits per heavy atom. The van der Waals surface area contributed by atoms with Gasteiger partial charge >= 0.3 is 0 Å². The molecule has 2 N–H and O–H groups in total. The number of H-pyrrole nitrogens is 1. The topological polar surface area (TPSA) is 48.9 Å². The minimum atomic E-state index is 0.246. The summed E-state index contributed by atoms with van der Waals surface area (Å²) >= 11 is 0. The number of para-hydroxylation sites is 2. The van der Waals surface area contributed by atoms with E-state index in [-0.39, 0.29) is 5.75 Å². The van der Waals surface area contributed by atoms with E-state index in [1.807, 2.05) is 42.5 Å². The molecule has 0 atom stereocenters. The van der Waals surface area contributed by atoms with Crippen molar-refractivity contribution < 1.29 is 5.11 Å². The van der Waals surface area contributed by atoms with Crippen LogP contribution in [0, 0.1) is 0 Å². The number of aromatic hydroxyl groups is 1.